The van der Waals surface area contributed by atoms with Crippen LogP contribution in [0.5, 0.6) is 0 Å². The number of alkyl halides is 1. The van der Waals surface area contributed by atoms with E-state index in [-0.39, 0.29) is 18.4 Å². The molecule has 0 aliphatic carbocycles. The Hall–Kier alpha value is -3.36. The van der Waals surface area contributed by atoms with E-state index in [1.807, 2.05) is 18.7 Å². The van der Waals surface area contributed by atoms with Crippen LogP contribution >= 0.6 is 0 Å². The van der Waals surface area contributed by atoms with Crippen LogP contribution < -0.4 is 10.2 Å². The molecule has 1 aliphatic rings. The van der Waals surface area contributed by atoms with E-state index >= 15 is 0 Å². The molecular formula is C21H24FN7O. The fraction of sp³-hybridized carbons (Fsp3) is 0.381. The number of rotatable bonds is 5. The fourth-order valence-electron chi connectivity index (χ4n) is 3.50. The second-order valence-corrected chi connectivity index (χ2v) is 8.07. The van der Waals surface area contributed by atoms with Gasteiger partial charge in [-0.15, -0.1) is 0 Å². The first-order valence-electron chi connectivity index (χ1n) is 9.89. The van der Waals surface area contributed by atoms with Crippen molar-refractivity contribution < 1.29 is 9.18 Å². The van der Waals surface area contributed by atoms with E-state index in [2.05, 4.69) is 30.5 Å². The van der Waals surface area contributed by atoms with Crippen LogP contribution in [-0.2, 0) is 0 Å². The summed E-state index contributed by atoms with van der Waals surface area (Å²) in [4.78, 5) is 27.8. The Morgan fingerprint density at radius 1 is 1.27 bits per heavy atom. The van der Waals surface area contributed by atoms with Gasteiger partial charge in [-0.3, -0.25) is 9.89 Å². The van der Waals surface area contributed by atoms with Crippen molar-refractivity contribution in [3.05, 3.63) is 48.4 Å². The minimum absolute atomic E-state index is 0.171. The molecule has 0 spiro atoms. The summed E-state index contributed by atoms with van der Waals surface area (Å²) in [6.45, 7) is 6.29. The second kappa shape index (κ2) is 7.81. The van der Waals surface area contributed by atoms with Crippen LogP contribution in [0, 0.1) is 0 Å². The summed E-state index contributed by atoms with van der Waals surface area (Å²) in [6, 6.07) is 1.80. The van der Waals surface area contributed by atoms with Crippen molar-refractivity contribution in [2.75, 3.05) is 23.3 Å². The summed E-state index contributed by atoms with van der Waals surface area (Å²) in [6.07, 6.45) is 8.49. The van der Waals surface area contributed by atoms with Crippen LogP contribution in [0.4, 0.5) is 15.9 Å². The van der Waals surface area contributed by atoms with Gasteiger partial charge in [-0.05, 0) is 13.0 Å². The van der Waals surface area contributed by atoms with Gasteiger partial charge in [-0.25, -0.2) is 19.3 Å². The van der Waals surface area contributed by atoms with E-state index in [9.17, 15) is 9.18 Å². The number of amides is 1. The molecular weight excluding hydrogens is 385 g/mol. The number of hydrogen-bond donors (Lipinski definition) is 2. The zero-order valence-electron chi connectivity index (χ0n) is 17.2. The van der Waals surface area contributed by atoms with Crippen molar-refractivity contribution in [2.45, 2.75) is 38.8 Å². The van der Waals surface area contributed by atoms with Crippen molar-refractivity contribution in [1.29, 1.82) is 0 Å². The number of nitrogens with one attached hydrogen (secondary N) is 2. The maximum atomic E-state index is 14.5. The Morgan fingerprint density at radius 3 is 2.63 bits per heavy atom. The number of H-pyrrole nitrogens is 1. The summed E-state index contributed by atoms with van der Waals surface area (Å²) in [5, 5.41) is 9.73. The minimum atomic E-state index is -1.30. The number of aromatic nitrogens is 5. The van der Waals surface area contributed by atoms with Crippen LogP contribution in [0.2, 0.25) is 0 Å². The first-order valence-corrected chi connectivity index (χ1v) is 9.89. The van der Waals surface area contributed by atoms with E-state index in [1.165, 1.54) is 12.4 Å². The van der Waals surface area contributed by atoms with Gasteiger partial charge in [-0.2, -0.15) is 5.10 Å². The molecule has 9 heteroatoms. The molecule has 0 saturated carbocycles. The average molecular weight is 409 g/mol. The van der Waals surface area contributed by atoms with Gasteiger partial charge in [0.05, 0.1) is 24.0 Å². The molecule has 3 aromatic heterocycles. The molecule has 1 saturated heterocycles. The number of carbonyl (C=O) groups is 1. The zero-order chi connectivity index (χ0) is 21.3. The molecule has 1 atom stereocenters. The summed E-state index contributed by atoms with van der Waals surface area (Å²) < 4.78 is 14.5. The molecule has 156 valence electrons. The summed E-state index contributed by atoms with van der Waals surface area (Å²) in [7, 11) is 0. The van der Waals surface area contributed by atoms with E-state index < -0.39 is 5.67 Å². The number of hydrogen-bond acceptors (Lipinski definition) is 6. The lowest BCUT2D eigenvalue weighted by Crippen LogP contribution is -2.28. The molecule has 1 amide bonds. The van der Waals surface area contributed by atoms with Gasteiger partial charge in [0.1, 0.15) is 11.5 Å². The molecule has 0 radical (unpaired) electrons. The third-order valence-corrected chi connectivity index (χ3v) is 5.15. The lowest BCUT2D eigenvalue weighted by Gasteiger charge is -2.23. The molecule has 4 heterocycles. The number of nitrogens with zero attached hydrogens (tertiary/aromatic N) is 5. The maximum absolute atomic E-state index is 14.5. The Bertz CT molecular complexity index is 1030. The first kappa shape index (κ1) is 19.9. The standard InChI is InChI=1S/C21H24FN7O/c1-13(2)18-24-8-15(9-25-18)20(30)28-17-16(14-10-26-27-11-14)4-6-23-19(17)29-7-5-21(3,22)12-29/h4,6,8-11,13H,5,7,12H2,1-3H3,(H,26,27)(H,28,30). The highest BCUT2D eigenvalue weighted by Gasteiger charge is 2.35. The topological polar surface area (TPSA) is 99.7 Å². The summed E-state index contributed by atoms with van der Waals surface area (Å²) >= 11 is 0. The van der Waals surface area contributed by atoms with Gasteiger partial charge >= 0.3 is 0 Å². The van der Waals surface area contributed by atoms with Crippen molar-refractivity contribution >= 4 is 17.4 Å². The van der Waals surface area contributed by atoms with Gasteiger partial charge in [0.2, 0.25) is 0 Å². The molecule has 1 fully saturated rings. The van der Waals surface area contributed by atoms with E-state index in [0.29, 0.717) is 35.9 Å². The van der Waals surface area contributed by atoms with Gasteiger partial charge < -0.3 is 10.2 Å². The quantitative estimate of drug-likeness (QED) is 0.668. The van der Waals surface area contributed by atoms with Gasteiger partial charge in [0.15, 0.2) is 5.82 Å². The Labute approximate surface area is 174 Å². The smallest absolute Gasteiger partial charge is 0.258 e. The van der Waals surface area contributed by atoms with E-state index in [4.69, 9.17) is 0 Å². The van der Waals surface area contributed by atoms with Crippen LogP contribution in [-0.4, -0.2) is 49.8 Å². The predicted octanol–water partition coefficient (Wildman–Crippen LogP) is 3.58. The molecule has 1 unspecified atom stereocenters. The lowest BCUT2D eigenvalue weighted by molar-refractivity contribution is 0.102. The molecule has 0 bridgehead atoms. The maximum Gasteiger partial charge on any atom is 0.258 e. The molecule has 4 rings (SSSR count). The van der Waals surface area contributed by atoms with Crippen molar-refractivity contribution in [3.8, 4) is 11.1 Å². The summed E-state index contributed by atoms with van der Waals surface area (Å²) in [5.41, 5.74) is 1.09. The zero-order valence-corrected chi connectivity index (χ0v) is 17.2. The molecule has 2 N–H and O–H groups in total. The average Bonchev–Trinajstić information content (AvgIpc) is 3.37. The number of pyridine rings is 1. The molecule has 30 heavy (non-hydrogen) atoms. The largest absolute Gasteiger partial charge is 0.352 e. The van der Waals surface area contributed by atoms with Crippen molar-refractivity contribution in [1.82, 2.24) is 25.1 Å². The highest BCUT2D eigenvalue weighted by molar-refractivity contribution is 6.08. The first-order chi connectivity index (χ1) is 14.3. The highest BCUT2D eigenvalue weighted by atomic mass is 19.1. The van der Waals surface area contributed by atoms with Crippen LogP contribution in [0.1, 0.15) is 49.3 Å². The number of halogens is 1. The van der Waals surface area contributed by atoms with Crippen molar-refractivity contribution in [2.24, 2.45) is 0 Å². The van der Waals surface area contributed by atoms with Gasteiger partial charge in [0.25, 0.3) is 5.91 Å². The van der Waals surface area contributed by atoms with E-state index in [0.717, 1.165) is 11.1 Å². The van der Waals surface area contributed by atoms with Crippen LogP contribution in [0.25, 0.3) is 11.1 Å². The lowest BCUT2D eigenvalue weighted by atomic mass is 10.1. The molecule has 8 nitrogen and oxygen atoms in total. The Morgan fingerprint density at radius 2 is 2.03 bits per heavy atom. The molecule has 0 aromatic carbocycles. The highest BCUT2D eigenvalue weighted by Crippen LogP contribution is 2.38. The van der Waals surface area contributed by atoms with Crippen LogP contribution in [0.3, 0.4) is 0 Å². The monoisotopic (exact) mass is 409 g/mol. The Balaban J connectivity index is 1.70. The van der Waals surface area contributed by atoms with Gasteiger partial charge in [0, 0.05) is 54.8 Å². The summed E-state index contributed by atoms with van der Waals surface area (Å²) in [5.74, 6) is 1.02. The third kappa shape index (κ3) is 4.00. The SMILES string of the molecule is CC(C)c1ncc(C(=O)Nc2c(-c3cn[nH]c3)ccnc2N2CCC(C)(F)C2)cn1. The molecule has 1 aliphatic heterocycles. The Kier molecular flexibility index (Phi) is 5.19. The normalized spacial score (nSPS) is 18.8. The minimum Gasteiger partial charge on any atom is -0.352 e. The predicted molar refractivity (Wildman–Crippen MR) is 112 cm³/mol. The van der Waals surface area contributed by atoms with E-state index in [1.54, 1.807) is 31.6 Å². The van der Waals surface area contributed by atoms with Gasteiger partial charge in [-0.1, -0.05) is 13.8 Å². The number of anilines is 2. The number of carbonyl (C=O) groups excluding carboxylic acids is 1. The third-order valence-electron chi connectivity index (χ3n) is 5.15. The second-order valence-electron chi connectivity index (χ2n) is 8.07. The number of aromatic amines is 1. The molecule has 3 aromatic rings. The van der Waals surface area contributed by atoms with Crippen molar-refractivity contribution in [3.63, 3.8) is 0 Å². The van der Waals surface area contributed by atoms with Crippen LogP contribution in [0.15, 0.2) is 37.1 Å². The fourth-order valence-corrected chi connectivity index (χ4v) is 3.50.